The molecule has 0 spiro atoms. The summed E-state index contributed by atoms with van der Waals surface area (Å²) < 4.78 is 49.4. The lowest BCUT2D eigenvalue weighted by Crippen LogP contribution is -2.63. The third-order valence-corrected chi connectivity index (χ3v) is 7.22. The summed E-state index contributed by atoms with van der Waals surface area (Å²) in [4.78, 5) is 26.8. The van der Waals surface area contributed by atoms with Crippen LogP contribution >= 0.6 is 0 Å². The van der Waals surface area contributed by atoms with Crippen molar-refractivity contribution >= 4 is 11.8 Å². The normalized spacial score (nSPS) is 22.1. The fraction of sp³-hybridized carbons (Fsp3) is 0.462. The Kier molecular flexibility index (Phi) is 6.79. The van der Waals surface area contributed by atoms with E-state index in [1.54, 1.807) is 0 Å². The predicted octanol–water partition coefficient (Wildman–Crippen LogP) is 3.69. The summed E-state index contributed by atoms with van der Waals surface area (Å²) in [6.45, 7) is 1.51. The van der Waals surface area contributed by atoms with Gasteiger partial charge in [-0.1, -0.05) is 12.1 Å². The highest BCUT2D eigenvalue weighted by Gasteiger charge is 2.36. The first-order chi connectivity index (χ1) is 17.3. The molecule has 2 N–H and O–H groups in total. The van der Waals surface area contributed by atoms with Gasteiger partial charge in [0, 0.05) is 24.7 Å². The Hall–Kier alpha value is -3.27. The van der Waals surface area contributed by atoms with E-state index in [1.807, 2.05) is 6.07 Å². The van der Waals surface area contributed by atoms with E-state index in [1.165, 1.54) is 17.7 Å². The zero-order chi connectivity index (χ0) is 25.3. The first-order valence-electron chi connectivity index (χ1n) is 12.1. The molecule has 36 heavy (non-hydrogen) atoms. The highest BCUT2D eigenvalue weighted by atomic mass is 19.4. The molecule has 3 aliphatic rings. The van der Waals surface area contributed by atoms with Gasteiger partial charge >= 0.3 is 6.18 Å². The lowest BCUT2D eigenvalue weighted by molar-refractivity contribution is -0.137. The van der Waals surface area contributed by atoms with E-state index in [0.717, 1.165) is 62.4 Å². The van der Waals surface area contributed by atoms with Gasteiger partial charge in [0.1, 0.15) is 0 Å². The summed E-state index contributed by atoms with van der Waals surface area (Å²) in [5.41, 5.74) is 0.251. The van der Waals surface area contributed by atoms with Gasteiger partial charge in [-0.3, -0.25) is 14.5 Å². The number of hydrogen-bond donors (Lipinski definition) is 2. The summed E-state index contributed by atoms with van der Waals surface area (Å²) in [5.74, 6) is 1.06. The van der Waals surface area contributed by atoms with Crippen LogP contribution in [0.25, 0.3) is 0 Å². The van der Waals surface area contributed by atoms with Gasteiger partial charge in [-0.25, -0.2) is 0 Å². The van der Waals surface area contributed by atoms with Gasteiger partial charge in [0.2, 0.25) is 12.7 Å². The summed E-state index contributed by atoms with van der Waals surface area (Å²) in [6.07, 6.45) is -0.159. The molecule has 2 aromatic carbocycles. The molecule has 0 atom stereocenters. The first-order valence-corrected chi connectivity index (χ1v) is 12.1. The van der Waals surface area contributed by atoms with Gasteiger partial charge in [0.25, 0.3) is 5.91 Å². The van der Waals surface area contributed by atoms with Gasteiger partial charge in [-0.05, 0) is 67.5 Å². The molecule has 0 aromatic heterocycles. The van der Waals surface area contributed by atoms with Crippen molar-refractivity contribution in [2.24, 2.45) is 0 Å². The minimum Gasteiger partial charge on any atom is -0.454 e. The number of nitrogens with zero attached hydrogens (tertiary/aromatic N) is 1. The molecule has 10 heteroatoms. The van der Waals surface area contributed by atoms with Crippen LogP contribution in [-0.4, -0.2) is 55.2 Å². The number of benzene rings is 2. The average Bonchev–Trinajstić information content (AvgIpc) is 3.32. The molecule has 2 aromatic rings. The molecule has 5 rings (SSSR count). The van der Waals surface area contributed by atoms with E-state index in [2.05, 4.69) is 27.7 Å². The number of fused-ring (bicyclic) bond motifs is 1. The molecule has 192 valence electrons. The minimum absolute atomic E-state index is 0.00884. The van der Waals surface area contributed by atoms with Crippen LogP contribution in [0.4, 0.5) is 13.2 Å². The Morgan fingerprint density at radius 2 is 1.72 bits per heavy atom. The molecule has 2 aliphatic heterocycles. The minimum atomic E-state index is -4.53. The van der Waals surface area contributed by atoms with E-state index >= 15 is 0 Å². The maximum atomic E-state index is 12.8. The Morgan fingerprint density at radius 3 is 2.47 bits per heavy atom. The summed E-state index contributed by atoms with van der Waals surface area (Å²) >= 11 is 0. The van der Waals surface area contributed by atoms with E-state index in [-0.39, 0.29) is 30.9 Å². The monoisotopic (exact) mass is 503 g/mol. The molecule has 0 unspecified atom stereocenters. The molecule has 2 fully saturated rings. The zero-order valence-electron chi connectivity index (χ0n) is 19.6. The van der Waals surface area contributed by atoms with Crippen LogP contribution in [0.15, 0.2) is 42.5 Å². The summed E-state index contributed by atoms with van der Waals surface area (Å²) in [6, 6.07) is 10.8. The quantitative estimate of drug-likeness (QED) is 0.629. The van der Waals surface area contributed by atoms with Crippen molar-refractivity contribution in [1.82, 2.24) is 15.5 Å². The topological polar surface area (TPSA) is 79.9 Å². The second-order valence-corrected chi connectivity index (χ2v) is 9.60. The molecular formula is C26H28F3N3O4. The molecule has 7 nitrogen and oxygen atoms in total. The van der Waals surface area contributed by atoms with Crippen molar-refractivity contribution in [2.75, 3.05) is 26.4 Å². The lowest BCUT2D eigenvalue weighted by Gasteiger charge is -2.46. The average molecular weight is 504 g/mol. The van der Waals surface area contributed by atoms with Crippen LogP contribution in [0.2, 0.25) is 0 Å². The van der Waals surface area contributed by atoms with Gasteiger partial charge in [0.15, 0.2) is 11.5 Å². The molecule has 0 radical (unpaired) electrons. The number of carbonyl (C=O) groups is 2. The summed E-state index contributed by atoms with van der Waals surface area (Å²) in [7, 11) is 0. The molecule has 0 bridgehead atoms. The SMILES string of the molecule is O=C(CNC(=O)c1cccc(C(F)(F)F)c1)NC1CN(C2CCC(c3ccc4c(c3)OCO4)CC2)C1. The second-order valence-electron chi connectivity index (χ2n) is 9.60. The Bertz CT molecular complexity index is 1130. The van der Waals surface area contributed by atoms with Gasteiger partial charge in [0.05, 0.1) is 18.2 Å². The van der Waals surface area contributed by atoms with Crippen molar-refractivity contribution in [2.45, 2.75) is 49.9 Å². The van der Waals surface area contributed by atoms with Crippen molar-refractivity contribution < 1.29 is 32.2 Å². The van der Waals surface area contributed by atoms with Crippen LogP contribution in [0, 0.1) is 0 Å². The molecule has 1 saturated carbocycles. The van der Waals surface area contributed by atoms with E-state index in [4.69, 9.17) is 9.47 Å². The number of amides is 2. The number of carbonyl (C=O) groups excluding carboxylic acids is 2. The van der Waals surface area contributed by atoms with E-state index in [0.29, 0.717) is 12.0 Å². The molecular weight excluding hydrogens is 475 g/mol. The van der Waals surface area contributed by atoms with Crippen molar-refractivity contribution in [3.8, 4) is 11.5 Å². The molecule has 2 heterocycles. The van der Waals surface area contributed by atoms with Crippen LogP contribution < -0.4 is 20.1 Å². The van der Waals surface area contributed by atoms with Gasteiger partial charge in [-0.15, -0.1) is 0 Å². The smallest absolute Gasteiger partial charge is 0.416 e. The highest BCUT2D eigenvalue weighted by molar-refractivity contribution is 5.96. The Morgan fingerprint density at radius 1 is 0.972 bits per heavy atom. The number of ether oxygens (including phenoxy) is 2. The van der Waals surface area contributed by atoms with Gasteiger partial charge in [-0.2, -0.15) is 13.2 Å². The highest BCUT2D eigenvalue weighted by Crippen LogP contribution is 2.40. The Balaban J connectivity index is 1.02. The zero-order valence-corrected chi connectivity index (χ0v) is 19.6. The van der Waals surface area contributed by atoms with E-state index < -0.39 is 17.6 Å². The number of alkyl halides is 3. The Labute approximate surface area is 206 Å². The third kappa shape index (κ3) is 5.43. The molecule has 1 saturated heterocycles. The number of halogens is 3. The maximum absolute atomic E-state index is 12.8. The van der Waals surface area contributed by atoms with Crippen LogP contribution in [0.1, 0.15) is 53.1 Å². The largest absolute Gasteiger partial charge is 0.454 e. The van der Waals surface area contributed by atoms with E-state index in [9.17, 15) is 22.8 Å². The fourth-order valence-corrected chi connectivity index (χ4v) is 5.22. The van der Waals surface area contributed by atoms with Gasteiger partial charge < -0.3 is 20.1 Å². The lowest BCUT2D eigenvalue weighted by atomic mass is 9.80. The predicted molar refractivity (Wildman–Crippen MR) is 125 cm³/mol. The van der Waals surface area contributed by atoms with Crippen molar-refractivity contribution in [3.05, 3.63) is 59.2 Å². The standard InChI is InChI=1S/C26H28F3N3O4/c27-26(28,29)19-3-1-2-18(10-19)25(34)30-12-24(33)31-20-13-32(14-20)21-7-4-16(5-8-21)17-6-9-22-23(11-17)36-15-35-22/h1-3,6,9-11,16,20-21H,4-5,7-8,12-15H2,(H,30,34)(H,31,33). The van der Waals surface area contributed by atoms with Crippen molar-refractivity contribution in [3.63, 3.8) is 0 Å². The number of nitrogens with one attached hydrogen (secondary N) is 2. The van der Waals surface area contributed by atoms with Crippen molar-refractivity contribution in [1.29, 1.82) is 0 Å². The summed E-state index contributed by atoms with van der Waals surface area (Å²) in [5, 5.41) is 5.28. The van der Waals surface area contributed by atoms with Crippen LogP contribution in [0.5, 0.6) is 11.5 Å². The molecule has 2 amide bonds. The maximum Gasteiger partial charge on any atom is 0.416 e. The molecule has 1 aliphatic carbocycles. The fourth-order valence-electron chi connectivity index (χ4n) is 5.22. The third-order valence-electron chi connectivity index (χ3n) is 7.22. The second kappa shape index (κ2) is 10.0. The number of likely N-dealkylation sites (tertiary alicyclic amines) is 1. The van der Waals surface area contributed by atoms with Crippen LogP contribution in [0.3, 0.4) is 0 Å². The first kappa shape index (κ1) is 24.4. The number of rotatable bonds is 6. The van der Waals surface area contributed by atoms with Crippen LogP contribution in [-0.2, 0) is 11.0 Å². The number of hydrogen-bond acceptors (Lipinski definition) is 5.